The maximum Gasteiger partial charge on any atom is 0.416 e. The molecule has 1 spiro atoms. The van der Waals surface area contributed by atoms with E-state index in [1.165, 1.54) is 28.4 Å². The lowest BCUT2D eigenvalue weighted by Crippen LogP contribution is -2.41. The molecule has 7 nitrogen and oxygen atoms in total. The van der Waals surface area contributed by atoms with Crippen molar-refractivity contribution in [3.05, 3.63) is 87.4 Å². The molecule has 236 valence electrons. The van der Waals surface area contributed by atoms with Gasteiger partial charge in [0.1, 0.15) is 10.5 Å². The lowest BCUT2D eigenvalue weighted by atomic mass is 9.59. The summed E-state index contributed by atoms with van der Waals surface area (Å²) in [5.41, 5.74) is 2.82. The average molecular weight is 636 g/mol. The van der Waals surface area contributed by atoms with Gasteiger partial charge in [0.05, 0.1) is 12.1 Å². The molecule has 1 aliphatic carbocycles. The van der Waals surface area contributed by atoms with Crippen molar-refractivity contribution in [1.82, 2.24) is 20.0 Å². The predicted octanol–water partition coefficient (Wildman–Crippen LogP) is 6.60. The van der Waals surface area contributed by atoms with Crippen molar-refractivity contribution in [2.75, 3.05) is 31.1 Å². The third-order valence-corrected chi connectivity index (χ3v) is 11.6. The van der Waals surface area contributed by atoms with Crippen molar-refractivity contribution in [3.8, 4) is 0 Å². The van der Waals surface area contributed by atoms with Crippen molar-refractivity contribution < 1.29 is 22.8 Å². The van der Waals surface area contributed by atoms with Crippen molar-refractivity contribution >= 4 is 28.8 Å². The zero-order chi connectivity index (χ0) is 31.7. The Balaban J connectivity index is 1.17. The van der Waals surface area contributed by atoms with Crippen molar-refractivity contribution in [2.24, 2.45) is 11.3 Å². The standard InChI is InChI=1S/C34H36F3N5O2S/c1-4-29(43)41-11-9-32(19-41)8-10-40(18-32)22(3)23-12-26-27(28(13-23)34(35,36)37)17-42(30(26)44)25-7-5-6-24(14-25)33(15-21(2)16-33)31-39-38-20-45-31/h4-7,12-14,20-22H,1,8-11,15-19H2,2-3H3/t21?,22-,32+,33?/m1/s1. The van der Waals surface area contributed by atoms with E-state index in [0.717, 1.165) is 42.8 Å². The second kappa shape index (κ2) is 10.8. The molecule has 4 aliphatic rings. The second-order valence-corrected chi connectivity index (χ2v) is 14.3. The van der Waals surface area contributed by atoms with E-state index in [1.54, 1.807) is 17.6 Å². The number of fused-ring (bicyclic) bond motifs is 1. The van der Waals surface area contributed by atoms with Crippen LogP contribution in [0.1, 0.15) is 83.2 Å². The molecule has 45 heavy (non-hydrogen) atoms. The van der Waals surface area contributed by atoms with Crippen molar-refractivity contribution in [3.63, 3.8) is 0 Å². The van der Waals surface area contributed by atoms with E-state index in [4.69, 9.17) is 0 Å². The summed E-state index contributed by atoms with van der Waals surface area (Å²) in [7, 11) is 0. The molecule has 1 saturated carbocycles. The van der Waals surface area contributed by atoms with Gasteiger partial charge in [-0.25, -0.2) is 0 Å². The lowest BCUT2D eigenvalue weighted by molar-refractivity contribution is -0.138. The normalized spacial score (nSPS) is 27.2. The summed E-state index contributed by atoms with van der Waals surface area (Å²) in [6.07, 6.45) is 0.262. The number of rotatable bonds is 6. The van der Waals surface area contributed by atoms with Crippen molar-refractivity contribution in [1.29, 1.82) is 0 Å². The minimum Gasteiger partial charge on any atom is -0.339 e. The highest BCUT2D eigenvalue weighted by molar-refractivity contribution is 7.09. The molecule has 2 aromatic carbocycles. The van der Waals surface area contributed by atoms with Gasteiger partial charge in [0.15, 0.2) is 0 Å². The van der Waals surface area contributed by atoms with Crippen LogP contribution in [0.25, 0.3) is 0 Å². The highest BCUT2D eigenvalue weighted by atomic mass is 32.1. The van der Waals surface area contributed by atoms with Gasteiger partial charge in [-0.15, -0.1) is 21.5 Å². The summed E-state index contributed by atoms with van der Waals surface area (Å²) in [5.74, 6) is 0.0108. The highest BCUT2D eigenvalue weighted by Gasteiger charge is 2.49. The van der Waals surface area contributed by atoms with E-state index in [1.807, 2.05) is 30.0 Å². The van der Waals surface area contributed by atoms with Gasteiger partial charge >= 0.3 is 6.18 Å². The van der Waals surface area contributed by atoms with Gasteiger partial charge in [-0.2, -0.15) is 13.2 Å². The number of carbonyl (C=O) groups excluding carboxylic acids is 2. The number of hydrogen-bond acceptors (Lipinski definition) is 6. The Labute approximate surface area is 264 Å². The van der Waals surface area contributed by atoms with Crippen LogP contribution in [0.2, 0.25) is 0 Å². The molecule has 0 radical (unpaired) electrons. The minimum atomic E-state index is -4.61. The maximum absolute atomic E-state index is 14.6. The Morgan fingerprint density at radius 2 is 1.93 bits per heavy atom. The first kappa shape index (κ1) is 30.1. The fourth-order valence-corrected chi connectivity index (χ4v) is 9.05. The largest absolute Gasteiger partial charge is 0.416 e. The quantitative estimate of drug-likeness (QED) is 0.286. The molecule has 0 N–H and O–H groups in total. The van der Waals surface area contributed by atoms with Gasteiger partial charge in [0.2, 0.25) is 5.91 Å². The Kier molecular flexibility index (Phi) is 7.20. The van der Waals surface area contributed by atoms with Crippen molar-refractivity contribution in [2.45, 2.75) is 63.7 Å². The van der Waals surface area contributed by atoms with Crippen LogP contribution in [-0.4, -0.2) is 58.0 Å². The summed E-state index contributed by atoms with van der Waals surface area (Å²) in [5, 5.41) is 9.35. The number of halogens is 3. The molecule has 0 bridgehead atoms. The minimum absolute atomic E-state index is 0.0252. The van der Waals surface area contributed by atoms with Gasteiger partial charge in [-0.05, 0) is 92.1 Å². The van der Waals surface area contributed by atoms with E-state index in [-0.39, 0.29) is 40.5 Å². The van der Waals surface area contributed by atoms with Crippen LogP contribution in [0.5, 0.6) is 0 Å². The first-order valence-corrected chi connectivity index (χ1v) is 16.4. The smallest absolute Gasteiger partial charge is 0.339 e. The SMILES string of the molecule is C=CC(=O)N1CC[C@]2(CCN([C@H](C)c3cc4c(c(C(F)(F)F)c3)CN(c3cccc(C5(c6nncs6)CC(C)C5)c3)C4=O)C2)C1. The lowest BCUT2D eigenvalue weighted by Gasteiger charge is -2.45. The Morgan fingerprint density at radius 3 is 2.62 bits per heavy atom. The fourth-order valence-electron chi connectivity index (χ4n) is 8.25. The molecule has 0 unspecified atom stereocenters. The average Bonchev–Trinajstić information content (AvgIpc) is 3.82. The number of benzene rings is 2. The molecule has 2 amide bonds. The van der Waals surface area contributed by atoms with Gasteiger partial charge in [-0.1, -0.05) is 25.6 Å². The number of nitrogens with zero attached hydrogens (tertiary/aromatic N) is 5. The molecule has 7 rings (SSSR count). The fraction of sp³-hybridized carbons (Fsp3) is 0.471. The number of hydrogen-bond donors (Lipinski definition) is 0. The number of amides is 2. The van der Waals surface area contributed by atoms with Crippen LogP contribution < -0.4 is 4.90 Å². The van der Waals surface area contributed by atoms with E-state index in [9.17, 15) is 22.8 Å². The summed E-state index contributed by atoms with van der Waals surface area (Å²) < 4.78 is 43.7. The third-order valence-electron chi connectivity index (χ3n) is 10.7. The molecule has 3 aromatic rings. The van der Waals surface area contributed by atoms with Gasteiger partial charge in [-0.3, -0.25) is 14.5 Å². The summed E-state index contributed by atoms with van der Waals surface area (Å²) >= 11 is 1.51. The highest BCUT2D eigenvalue weighted by Crippen LogP contribution is 2.53. The van der Waals surface area contributed by atoms with E-state index in [2.05, 4.69) is 28.6 Å². The zero-order valence-corrected chi connectivity index (χ0v) is 26.3. The Morgan fingerprint density at radius 1 is 1.16 bits per heavy atom. The van der Waals surface area contributed by atoms with E-state index >= 15 is 0 Å². The molecule has 3 aliphatic heterocycles. The van der Waals surface area contributed by atoms with Gasteiger partial charge in [0, 0.05) is 47.8 Å². The number of aromatic nitrogens is 2. The number of carbonyl (C=O) groups is 2. The molecular weight excluding hydrogens is 599 g/mol. The van der Waals surface area contributed by atoms with Crippen LogP contribution in [-0.2, 0) is 22.9 Å². The summed E-state index contributed by atoms with van der Waals surface area (Å²) in [4.78, 5) is 31.6. The van der Waals surface area contributed by atoms with Crippen LogP contribution in [0, 0.1) is 11.3 Å². The number of likely N-dealkylation sites (tertiary alicyclic amines) is 2. The topological polar surface area (TPSA) is 69.6 Å². The second-order valence-electron chi connectivity index (χ2n) is 13.5. The Hall–Kier alpha value is -3.57. The van der Waals surface area contributed by atoms with E-state index in [0.29, 0.717) is 36.8 Å². The number of anilines is 1. The molecule has 4 heterocycles. The Bertz CT molecular complexity index is 1670. The van der Waals surface area contributed by atoms with Crippen LogP contribution >= 0.6 is 11.3 Å². The van der Waals surface area contributed by atoms with Crippen LogP contribution in [0.3, 0.4) is 0 Å². The molecule has 3 fully saturated rings. The molecule has 2 atom stereocenters. The predicted molar refractivity (Wildman–Crippen MR) is 166 cm³/mol. The van der Waals surface area contributed by atoms with Crippen LogP contribution in [0.15, 0.2) is 54.6 Å². The zero-order valence-electron chi connectivity index (χ0n) is 25.4. The molecule has 1 aromatic heterocycles. The van der Waals surface area contributed by atoms with E-state index < -0.39 is 17.6 Å². The third kappa shape index (κ3) is 4.99. The van der Waals surface area contributed by atoms with Gasteiger partial charge < -0.3 is 9.80 Å². The maximum atomic E-state index is 14.6. The summed E-state index contributed by atoms with van der Waals surface area (Å²) in [6, 6.07) is 10.2. The first-order valence-electron chi connectivity index (χ1n) is 15.5. The summed E-state index contributed by atoms with van der Waals surface area (Å²) in [6.45, 7) is 10.3. The molecule has 2 saturated heterocycles. The monoisotopic (exact) mass is 635 g/mol. The first-order chi connectivity index (χ1) is 21.4. The molecule has 11 heteroatoms. The molecular formula is C34H36F3N5O2S. The van der Waals surface area contributed by atoms with Gasteiger partial charge in [0.25, 0.3) is 5.91 Å². The van der Waals surface area contributed by atoms with Crippen LogP contribution in [0.4, 0.5) is 18.9 Å². The number of alkyl halides is 3.